The average Bonchev–Trinajstić information content (AvgIpc) is 3.35. The Morgan fingerprint density at radius 2 is 1.95 bits per heavy atom. The molecule has 40 heavy (non-hydrogen) atoms. The van der Waals surface area contributed by atoms with Gasteiger partial charge in [0.05, 0.1) is 6.61 Å². The first-order valence-corrected chi connectivity index (χ1v) is 13.3. The van der Waals surface area contributed by atoms with Crippen LogP contribution in [0.4, 0.5) is 5.69 Å². The van der Waals surface area contributed by atoms with Gasteiger partial charge in [0.25, 0.3) is 5.91 Å². The molecule has 0 unspecified atom stereocenters. The van der Waals surface area contributed by atoms with Crippen molar-refractivity contribution < 1.29 is 19.4 Å². The van der Waals surface area contributed by atoms with E-state index < -0.39 is 11.6 Å². The number of benzene rings is 3. The van der Waals surface area contributed by atoms with Gasteiger partial charge in [-0.25, -0.2) is 4.99 Å². The molecule has 3 aromatic carbocycles. The van der Waals surface area contributed by atoms with Gasteiger partial charge in [-0.2, -0.15) is 0 Å². The molecule has 0 spiro atoms. The smallest absolute Gasteiger partial charge is 0.252 e. The molecule has 1 aliphatic rings. The lowest BCUT2D eigenvalue weighted by Gasteiger charge is -2.30. The van der Waals surface area contributed by atoms with Crippen molar-refractivity contribution in [2.24, 2.45) is 10.1 Å². The normalized spacial score (nSPS) is 17.8. The Balaban J connectivity index is 1.68. The number of hydrogen-bond donors (Lipinski definition) is 2. The molecule has 206 valence electrons. The lowest BCUT2D eigenvalue weighted by atomic mass is 9.83. The highest BCUT2D eigenvalue weighted by atomic mass is 35.5. The molecular weight excluding hydrogens is 530 g/mol. The predicted octanol–water partition coefficient (Wildman–Crippen LogP) is 6.23. The quantitative estimate of drug-likeness (QED) is 0.0844. The third-order valence-corrected chi connectivity index (χ3v) is 6.86. The van der Waals surface area contributed by atoms with Gasteiger partial charge in [-0.15, -0.1) is 6.58 Å². The van der Waals surface area contributed by atoms with Crippen molar-refractivity contribution in [1.82, 2.24) is 5.32 Å². The molecule has 0 saturated carbocycles. The van der Waals surface area contributed by atoms with Crippen LogP contribution in [-0.2, 0) is 16.0 Å². The monoisotopic (exact) mass is 559 g/mol. The summed E-state index contributed by atoms with van der Waals surface area (Å²) in [6, 6.07) is 21.6. The minimum Gasteiger partial charge on any atom is -0.494 e. The van der Waals surface area contributed by atoms with E-state index >= 15 is 0 Å². The van der Waals surface area contributed by atoms with E-state index in [4.69, 9.17) is 36.7 Å². The van der Waals surface area contributed by atoms with Gasteiger partial charge in [-0.3, -0.25) is 4.79 Å². The minimum atomic E-state index is -1.41. The highest BCUT2D eigenvalue weighted by Gasteiger charge is 2.52. The third kappa shape index (κ3) is 6.46. The molecule has 0 radical (unpaired) electrons. The molecule has 1 heterocycles. The Morgan fingerprint density at radius 3 is 2.67 bits per heavy atom. The van der Waals surface area contributed by atoms with Crippen LogP contribution in [0, 0.1) is 0 Å². The summed E-state index contributed by atoms with van der Waals surface area (Å²) in [7, 11) is 0. The molecule has 2 atom stereocenters. The first-order valence-electron chi connectivity index (χ1n) is 12.9. The van der Waals surface area contributed by atoms with Crippen molar-refractivity contribution in [3.63, 3.8) is 0 Å². The summed E-state index contributed by atoms with van der Waals surface area (Å²) in [6.07, 6.45) is 1.98. The van der Waals surface area contributed by atoms with E-state index in [0.29, 0.717) is 53.6 Å². The van der Waals surface area contributed by atoms with E-state index in [1.165, 1.54) is 0 Å². The summed E-state index contributed by atoms with van der Waals surface area (Å²) < 4.78 is 12.0. The second-order valence-electron chi connectivity index (χ2n) is 9.13. The van der Waals surface area contributed by atoms with Crippen molar-refractivity contribution in [2.75, 3.05) is 19.8 Å². The highest BCUT2D eigenvalue weighted by Crippen LogP contribution is 2.45. The largest absolute Gasteiger partial charge is 0.494 e. The van der Waals surface area contributed by atoms with Gasteiger partial charge in [0.15, 0.2) is 11.6 Å². The molecule has 10 heteroatoms. The molecular formula is C30H30ClN5O4. The van der Waals surface area contributed by atoms with E-state index in [2.05, 4.69) is 21.9 Å². The molecule has 1 amide bonds. The maximum atomic E-state index is 13.9. The number of carbonyl (C=O) groups excluding carboxylic acids is 1. The number of rotatable bonds is 13. The van der Waals surface area contributed by atoms with Crippen LogP contribution in [0.5, 0.6) is 5.75 Å². The fourth-order valence-electron chi connectivity index (χ4n) is 4.53. The number of aliphatic hydroxyl groups is 1. The molecule has 9 nitrogen and oxygen atoms in total. The third-order valence-electron chi connectivity index (χ3n) is 6.49. The number of halogens is 1. The van der Waals surface area contributed by atoms with Crippen LogP contribution < -0.4 is 10.1 Å². The van der Waals surface area contributed by atoms with Crippen molar-refractivity contribution in [3.05, 3.63) is 118 Å². The van der Waals surface area contributed by atoms with E-state index in [1.54, 1.807) is 54.6 Å². The van der Waals surface area contributed by atoms with Gasteiger partial charge in [0, 0.05) is 52.7 Å². The van der Waals surface area contributed by atoms with Gasteiger partial charge >= 0.3 is 0 Å². The summed E-state index contributed by atoms with van der Waals surface area (Å²) in [5.74, 6) is 0.556. The first kappa shape index (κ1) is 28.7. The lowest BCUT2D eigenvalue weighted by molar-refractivity contribution is -0.128. The van der Waals surface area contributed by atoms with Crippen LogP contribution >= 0.6 is 11.6 Å². The van der Waals surface area contributed by atoms with E-state index in [1.807, 2.05) is 24.3 Å². The van der Waals surface area contributed by atoms with Crippen LogP contribution in [0.15, 0.2) is 95.6 Å². The van der Waals surface area contributed by atoms with Crippen LogP contribution in [0.25, 0.3) is 10.4 Å². The fourth-order valence-corrected chi connectivity index (χ4v) is 4.76. The standard InChI is InChI=1S/C30H30ClN5O4/c1-2-17-30(29(38)33-18-16-21-8-3-5-10-25(21)31)27(24-9-4-6-11-26(24)35-36-32)40-28(34-30)22-12-14-23(15-13-22)39-20-7-19-37/h2-6,8-15,27,37H,1,7,16-20H2,(H,33,38)/t27-,30-/m1/s1. The molecule has 0 saturated heterocycles. The second kappa shape index (κ2) is 13.7. The molecule has 4 rings (SSSR count). The Bertz CT molecular complexity index is 1420. The summed E-state index contributed by atoms with van der Waals surface area (Å²) >= 11 is 6.30. The van der Waals surface area contributed by atoms with Crippen LogP contribution in [-0.4, -0.2) is 42.2 Å². The van der Waals surface area contributed by atoms with E-state index in [9.17, 15) is 4.79 Å². The van der Waals surface area contributed by atoms with Gasteiger partial charge in [-0.1, -0.05) is 65.3 Å². The number of amides is 1. The Morgan fingerprint density at radius 1 is 1.20 bits per heavy atom. The zero-order chi connectivity index (χ0) is 28.4. The molecule has 3 aromatic rings. The number of ether oxygens (including phenoxy) is 2. The number of nitrogens with zero attached hydrogens (tertiary/aromatic N) is 4. The predicted molar refractivity (Wildman–Crippen MR) is 155 cm³/mol. The Kier molecular flexibility index (Phi) is 9.81. The van der Waals surface area contributed by atoms with Crippen molar-refractivity contribution in [2.45, 2.75) is 30.9 Å². The van der Waals surface area contributed by atoms with Crippen LogP contribution in [0.2, 0.25) is 5.02 Å². The van der Waals surface area contributed by atoms with Crippen LogP contribution in [0.3, 0.4) is 0 Å². The summed E-state index contributed by atoms with van der Waals surface area (Å²) in [4.78, 5) is 21.8. The number of hydrogen-bond acceptors (Lipinski definition) is 6. The van der Waals surface area contributed by atoms with Crippen LogP contribution in [0.1, 0.15) is 35.6 Å². The summed E-state index contributed by atoms with van der Waals surface area (Å²) in [6.45, 7) is 4.65. The lowest BCUT2D eigenvalue weighted by Crippen LogP contribution is -2.48. The molecule has 0 bridgehead atoms. The Labute approximate surface area is 237 Å². The number of aliphatic hydroxyl groups excluding tert-OH is 1. The molecule has 0 aromatic heterocycles. The Hall–Kier alpha value is -4.30. The summed E-state index contributed by atoms with van der Waals surface area (Å²) in [5.41, 5.74) is 10.2. The number of nitrogens with one attached hydrogen (secondary N) is 1. The number of carbonyl (C=O) groups is 1. The first-order chi connectivity index (χ1) is 19.5. The average molecular weight is 560 g/mol. The van der Waals surface area contributed by atoms with Crippen molar-refractivity contribution >= 4 is 29.1 Å². The molecule has 0 fully saturated rings. The molecule has 1 aliphatic heterocycles. The zero-order valence-electron chi connectivity index (χ0n) is 21.9. The SMILES string of the molecule is C=CC[C@@]1(C(=O)NCCc2ccccc2Cl)N=C(c2ccc(OCCCO)cc2)O[C@@H]1c1ccccc1N=[N+]=[N-]. The maximum absolute atomic E-state index is 13.9. The van der Waals surface area contributed by atoms with Crippen molar-refractivity contribution in [3.8, 4) is 5.75 Å². The van der Waals surface area contributed by atoms with Gasteiger partial charge in [0.1, 0.15) is 5.75 Å². The topological polar surface area (TPSA) is 129 Å². The van der Waals surface area contributed by atoms with Gasteiger partial charge in [0.2, 0.25) is 5.90 Å². The van der Waals surface area contributed by atoms with E-state index in [-0.39, 0.29) is 24.8 Å². The second-order valence-corrected chi connectivity index (χ2v) is 9.53. The summed E-state index contributed by atoms with van der Waals surface area (Å²) in [5, 5.41) is 16.5. The number of aliphatic imine (C=N–C) groups is 1. The van der Waals surface area contributed by atoms with E-state index in [0.717, 1.165) is 5.56 Å². The molecule has 2 N–H and O–H groups in total. The van der Waals surface area contributed by atoms with Gasteiger partial charge < -0.3 is 19.9 Å². The fraction of sp³-hybridized carbons (Fsp3) is 0.267. The molecule has 0 aliphatic carbocycles. The zero-order valence-corrected chi connectivity index (χ0v) is 22.6. The highest BCUT2D eigenvalue weighted by molar-refractivity contribution is 6.31. The van der Waals surface area contributed by atoms with Gasteiger partial charge in [-0.05, 0) is 47.8 Å². The maximum Gasteiger partial charge on any atom is 0.252 e. The number of azide groups is 1. The minimum absolute atomic E-state index is 0.0489. The van der Waals surface area contributed by atoms with Crippen molar-refractivity contribution in [1.29, 1.82) is 0 Å².